The van der Waals surface area contributed by atoms with Gasteiger partial charge in [-0.3, -0.25) is 4.79 Å². The highest BCUT2D eigenvalue weighted by Gasteiger charge is 2.14. The van der Waals surface area contributed by atoms with Gasteiger partial charge in [0.2, 0.25) is 5.91 Å². The first kappa shape index (κ1) is 38.5. The van der Waals surface area contributed by atoms with Crippen molar-refractivity contribution in [3.05, 3.63) is 0 Å². The van der Waals surface area contributed by atoms with Gasteiger partial charge in [-0.1, -0.05) is 103 Å². The van der Waals surface area contributed by atoms with Crippen LogP contribution in [-0.4, -0.2) is 76.6 Å². The van der Waals surface area contributed by atoms with Crippen molar-refractivity contribution in [1.29, 1.82) is 0 Å². The monoisotopic (exact) mass is 641 g/mol. The molecule has 0 saturated carbocycles. The molecule has 0 saturated heterocycles. The molecular weight excluding hydrogens is 581 g/mol. The molecule has 1 atom stereocenters. The zero-order chi connectivity index (χ0) is 26.9. The number of likely N-dealkylation sites (N-methyl/N-ethyl adjacent to an activating group) is 1. The van der Waals surface area contributed by atoms with Crippen molar-refractivity contribution in [3.8, 4) is 0 Å². The van der Waals surface area contributed by atoms with Gasteiger partial charge in [0, 0.05) is 13.5 Å². The summed E-state index contributed by atoms with van der Waals surface area (Å²) in [6.45, 7) is 6.22. The molecule has 1 unspecified atom stereocenters. The summed E-state index contributed by atoms with van der Waals surface area (Å²) in [5.74, 6) is -0.153. The van der Waals surface area contributed by atoms with Crippen LogP contribution in [0.5, 0.6) is 0 Å². The fraction of sp³-hybridized carbons (Fsp3) is 0.931. The van der Waals surface area contributed by atoms with E-state index < -0.39 is 6.09 Å². The second kappa shape index (κ2) is 27.0. The van der Waals surface area contributed by atoms with E-state index in [1.807, 2.05) is 0 Å². The summed E-state index contributed by atoms with van der Waals surface area (Å²) in [4.78, 5) is 23.3. The van der Waals surface area contributed by atoms with Crippen LogP contribution in [0, 0.1) is 0 Å². The maximum absolute atomic E-state index is 11.9. The van der Waals surface area contributed by atoms with E-state index in [1.165, 1.54) is 103 Å². The number of ether oxygens (including phenoxy) is 2. The van der Waals surface area contributed by atoms with Gasteiger partial charge in [0.05, 0.1) is 46.9 Å². The van der Waals surface area contributed by atoms with E-state index in [1.54, 1.807) is 0 Å². The number of unbranched alkanes of at least 4 members (excludes halogenated alkanes) is 15. The predicted octanol–water partition coefficient (Wildman–Crippen LogP) is 3.21. The number of nitrogens with zero attached hydrogens (tertiary/aromatic N) is 1. The molecule has 7 nitrogen and oxygen atoms in total. The number of amides is 2. The zero-order valence-corrected chi connectivity index (χ0v) is 27.0. The molecule has 37 heavy (non-hydrogen) atoms. The molecule has 0 spiro atoms. The summed E-state index contributed by atoms with van der Waals surface area (Å²) in [6, 6.07) is -0.326. The average molecular weight is 642 g/mol. The van der Waals surface area contributed by atoms with Crippen LogP contribution < -0.4 is 34.6 Å². The van der Waals surface area contributed by atoms with Crippen LogP contribution in [0.4, 0.5) is 4.79 Å². The Morgan fingerprint density at radius 2 is 1.19 bits per heavy atom. The highest BCUT2D eigenvalue weighted by Crippen LogP contribution is 2.13. The highest BCUT2D eigenvalue weighted by atomic mass is 127. The normalized spacial score (nSPS) is 12.0. The summed E-state index contributed by atoms with van der Waals surface area (Å²) in [5, 5.41) is 5.55. The summed E-state index contributed by atoms with van der Waals surface area (Å²) in [7, 11) is 6.20. The molecule has 0 aromatic carbocycles. The standard InChI is InChI=1S/C29H59N3O4.HI/c1-6-7-8-9-10-11-12-13-14-15-16-17-18-19-20-21-24-35-25-28(31-27(2)33)26-36-29(34)30-22-23-32(3,4)5;/h28H,6-26H2,1-5H3,(H-,30,31,33,34);1H. The minimum absolute atomic E-state index is 0. The third-order valence-electron chi connectivity index (χ3n) is 6.34. The Bertz CT molecular complexity index is 530. The van der Waals surface area contributed by atoms with Crippen LogP contribution in [0.2, 0.25) is 0 Å². The minimum Gasteiger partial charge on any atom is -1.00 e. The van der Waals surface area contributed by atoms with E-state index >= 15 is 0 Å². The fourth-order valence-corrected chi connectivity index (χ4v) is 4.12. The number of rotatable bonds is 25. The van der Waals surface area contributed by atoms with Crippen LogP contribution in [0.15, 0.2) is 0 Å². The fourth-order valence-electron chi connectivity index (χ4n) is 4.12. The van der Waals surface area contributed by atoms with Gasteiger partial charge in [-0.05, 0) is 6.42 Å². The van der Waals surface area contributed by atoms with Crippen LogP contribution in [-0.2, 0) is 14.3 Å². The number of nitrogens with one attached hydrogen (secondary N) is 2. The van der Waals surface area contributed by atoms with Crippen LogP contribution in [0.1, 0.15) is 117 Å². The smallest absolute Gasteiger partial charge is 0.407 e. The molecule has 0 rings (SSSR count). The lowest BCUT2D eigenvalue weighted by atomic mass is 10.0. The van der Waals surface area contributed by atoms with Gasteiger partial charge in [-0.15, -0.1) is 0 Å². The van der Waals surface area contributed by atoms with E-state index in [9.17, 15) is 9.59 Å². The maximum atomic E-state index is 11.9. The van der Waals surface area contributed by atoms with Gasteiger partial charge in [0.25, 0.3) is 0 Å². The molecule has 0 aliphatic heterocycles. The molecule has 2 N–H and O–H groups in total. The van der Waals surface area contributed by atoms with Crippen LogP contribution in [0.3, 0.4) is 0 Å². The molecule has 0 aromatic rings. The van der Waals surface area contributed by atoms with E-state index in [2.05, 4.69) is 38.7 Å². The molecular formula is C29H60IN3O4. The molecule has 0 heterocycles. The average Bonchev–Trinajstić information content (AvgIpc) is 2.80. The van der Waals surface area contributed by atoms with Crippen molar-refractivity contribution in [2.75, 3.05) is 54.1 Å². The number of hydrogen-bond acceptors (Lipinski definition) is 4. The predicted molar refractivity (Wildman–Crippen MR) is 150 cm³/mol. The second-order valence-electron chi connectivity index (χ2n) is 11.3. The van der Waals surface area contributed by atoms with Crippen molar-refractivity contribution < 1.29 is 47.5 Å². The Labute approximate surface area is 246 Å². The van der Waals surface area contributed by atoms with Gasteiger partial charge >= 0.3 is 6.09 Å². The number of hydrogen-bond donors (Lipinski definition) is 2. The molecule has 2 amide bonds. The number of carbonyl (C=O) groups is 2. The van der Waals surface area contributed by atoms with Gasteiger partial charge in [0.15, 0.2) is 0 Å². The van der Waals surface area contributed by atoms with Crippen molar-refractivity contribution in [3.63, 3.8) is 0 Å². The molecule has 0 bridgehead atoms. The SMILES string of the molecule is CCCCCCCCCCCCCCCCCCOCC(COC(=O)NCC[N+](C)(C)C)NC(C)=O.[I-]. The first-order valence-corrected chi connectivity index (χ1v) is 14.8. The maximum Gasteiger partial charge on any atom is 0.407 e. The lowest BCUT2D eigenvalue weighted by Gasteiger charge is -2.24. The van der Waals surface area contributed by atoms with Gasteiger partial charge in [-0.25, -0.2) is 4.79 Å². The van der Waals surface area contributed by atoms with E-state index in [4.69, 9.17) is 9.47 Å². The lowest BCUT2D eigenvalue weighted by molar-refractivity contribution is -0.869. The Hall–Kier alpha value is -0.610. The number of halogens is 1. The second-order valence-corrected chi connectivity index (χ2v) is 11.3. The van der Waals surface area contributed by atoms with Crippen molar-refractivity contribution in [2.24, 2.45) is 0 Å². The summed E-state index contributed by atoms with van der Waals surface area (Å²) in [5.41, 5.74) is 0. The first-order chi connectivity index (χ1) is 17.2. The Morgan fingerprint density at radius 1 is 0.730 bits per heavy atom. The summed E-state index contributed by atoms with van der Waals surface area (Å²) < 4.78 is 11.8. The number of alkyl carbamates (subject to hydrolysis) is 1. The van der Waals surface area contributed by atoms with Crippen molar-refractivity contribution >= 4 is 12.0 Å². The molecule has 0 aliphatic rings. The Morgan fingerprint density at radius 3 is 1.62 bits per heavy atom. The van der Waals surface area contributed by atoms with Gasteiger partial charge in [-0.2, -0.15) is 0 Å². The molecule has 0 aliphatic carbocycles. The molecule has 222 valence electrons. The Kier molecular flexibility index (Phi) is 28.1. The summed E-state index contributed by atoms with van der Waals surface area (Å²) >= 11 is 0. The Balaban J connectivity index is 0. The first-order valence-electron chi connectivity index (χ1n) is 14.8. The third-order valence-corrected chi connectivity index (χ3v) is 6.34. The van der Waals surface area contributed by atoms with Gasteiger partial charge in [0.1, 0.15) is 6.61 Å². The van der Waals surface area contributed by atoms with E-state index in [-0.39, 0.29) is 42.5 Å². The number of carbonyl (C=O) groups excluding carboxylic acids is 2. The summed E-state index contributed by atoms with van der Waals surface area (Å²) in [6.07, 6.45) is 21.1. The highest BCUT2D eigenvalue weighted by molar-refractivity contribution is 5.73. The van der Waals surface area contributed by atoms with E-state index in [0.717, 1.165) is 17.4 Å². The molecule has 8 heteroatoms. The van der Waals surface area contributed by atoms with Crippen LogP contribution in [0.25, 0.3) is 0 Å². The van der Waals surface area contributed by atoms with Gasteiger partial charge < -0.3 is 48.6 Å². The topological polar surface area (TPSA) is 76.7 Å². The minimum atomic E-state index is -0.461. The molecule has 0 radical (unpaired) electrons. The molecule has 0 fully saturated rings. The lowest BCUT2D eigenvalue weighted by Crippen LogP contribution is -3.00. The number of quaternary nitrogens is 1. The van der Waals surface area contributed by atoms with Crippen LogP contribution >= 0.6 is 0 Å². The van der Waals surface area contributed by atoms with Crippen molar-refractivity contribution in [2.45, 2.75) is 123 Å². The van der Waals surface area contributed by atoms with Crippen molar-refractivity contribution in [1.82, 2.24) is 10.6 Å². The zero-order valence-electron chi connectivity index (χ0n) is 24.9. The third kappa shape index (κ3) is 31.5. The largest absolute Gasteiger partial charge is 1.00 e. The molecule has 0 aromatic heterocycles. The quantitative estimate of drug-likeness (QED) is 0.0913. The van der Waals surface area contributed by atoms with E-state index in [0.29, 0.717) is 19.8 Å².